The van der Waals surface area contributed by atoms with E-state index in [0.717, 1.165) is 48.1 Å². The van der Waals surface area contributed by atoms with Crippen LogP contribution in [0.2, 0.25) is 0 Å². The van der Waals surface area contributed by atoms with Crippen molar-refractivity contribution in [3.8, 4) is 11.5 Å². The van der Waals surface area contributed by atoms with Gasteiger partial charge in [0.05, 0.1) is 77.2 Å². The van der Waals surface area contributed by atoms with Gasteiger partial charge in [-0.15, -0.1) is 0 Å². The molecular formula is C79H106N26O16. The first-order chi connectivity index (χ1) is 58.3. The van der Waals surface area contributed by atoms with E-state index in [1.54, 1.807) is 47.4 Å². The van der Waals surface area contributed by atoms with Crippen LogP contribution in [0.15, 0.2) is 90.6 Å². The molecule has 0 spiro atoms. The number of anilines is 4. The molecule has 1 fully saturated rings. The molecule has 0 unspecified atom stereocenters. The van der Waals surface area contributed by atoms with Crippen molar-refractivity contribution in [1.29, 1.82) is 0 Å². The van der Waals surface area contributed by atoms with Gasteiger partial charge < -0.3 is 109 Å². The maximum atomic E-state index is 13.3. The number of nitrogens with zero attached hydrogens (tertiary/aromatic N) is 17. The van der Waals surface area contributed by atoms with Gasteiger partial charge in [0.15, 0.2) is 34.9 Å². The zero-order valence-electron chi connectivity index (χ0n) is 69.5. The number of hydrogen-bond donors (Lipinski definition) is 9. The van der Waals surface area contributed by atoms with Gasteiger partial charge in [0.1, 0.15) is 17.8 Å². The number of nitrogens with one attached hydrogen (secondary N) is 9. The summed E-state index contributed by atoms with van der Waals surface area (Å²) in [5, 5.41) is 28.6. The first-order valence-electron chi connectivity index (χ1n) is 39.8. The molecule has 42 heteroatoms. The Kier molecular flexibility index (Phi) is 33.6. The van der Waals surface area contributed by atoms with E-state index in [9.17, 15) is 52.7 Å². The fourth-order valence-electron chi connectivity index (χ4n) is 13.1. The Morgan fingerprint density at radius 2 is 0.959 bits per heavy atom. The molecule has 42 nitrogen and oxygen atoms in total. The number of piperidine rings is 1. The summed E-state index contributed by atoms with van der Waals surface area (Å²) in [5.74, 6) is -3.49. The second-order valence-electron chi connectivity index (χ2n) is 28.9. The second-order valence-corrected chi connectivity index (χ2v) is 28.9. The predicted molar refractivity (Wildman–Crippen MR) is 441 cm³/mol. The fourth-order valence-corrected chi connectivity index (χ4v) is 13.1. The molecule has 1 aliphatic heterocycles. The molecule has 0 bridgehead atoms. The van der Waals surface area contributed by atoms with Crippen molar-refractivity contribution in [3.63, 3.8) is 0 Å². The fraction of sp³-hybridized carbons (Fsp3) is 0.481. The van der Waals surface area contributed by atoms with Gasteiger partial charge in [-0.2, -0.15) is 5.10 Å². The van der Waals surface area contributed by atoms with Gasteiger partial charge >= 0.3 is 0 Å². The van der Waals surface area contributed by atoms with Crippen LogP contribution < -0.4 is 53.4 Å². The zero-order chi connectivity index (χ0) is 86.5. The molecule has 121 heavy (non-hydrogen) atoms. The highest BCUT2D eigenvalue weighted by Gasteiger charge is 2.29. The third kappa shape index (κ3) is 26.6. The minimum atomic E-state index is -0.710. The van der Waals surface area contributed by atoms with Crippen molar-refractivity contribution >= 4 is 93.4 Å². The van der Waals surface area contributed by atoms with E-state index in [1.807, 2.05) is 36.3 Å². The highest BCUT2D eigenvalue weighted by molar-refractivity contribution is 6.03. The normalized spacial score (nSPS) is 12.5. The van der Waals surface area contributed by atoms with E-state index in [-0.39, 0.29) is 153 Å². The third-order valence-corrected chi connectivity index (χ3v) is 19.5. The highest BCUT2D eigenvalue weighted by atomic mass is 16.6. The predicted octanol–water partition coefficient (Wildman–Crippen LogP) is 1.74. The molecule has 648 valence electrons. The van der Waals surface area contributed by atoms with E-state index in [2.05, 4.69) is 112 Å². The summed E-state index contributed by atoms with van der Waals surface area (Å²) in [7, 11) is 11.5. The average Bonchev–Trinajstić information content (AvgIpc) is 1.61. The van der Waals surface area contributed by atoms with Gasteiger partial charge in [-0.3, -0.25) is 57.7 Å². The van der Waals surface area contributed by atoms with Crippen molar-refractivity contribution in [2.45, 2.75) is 77.2 Å². The topological polar surface area (TPSA) is 486 Å². The summed E-state index contributed by atoms with van der Waals surface area (Å²) in [6, 6.07) is 14.0. The number of rotatable bonds is 47. The first kappa shape index (κ1) is 90.6. The van der Waals surface area contributed by atoms with Crippen molar-refractivity contribution < 1.29 is 71.6 Å². The molecule has 9 N–H and O–H groups in total. The van der Waals surface area contributed by atoms with Crippen molar-refractivity contribution in [2.75, 3.05) is 153 Å². The summed E-state index contributed by atoms with van der Waals surface area (Å²) < 4.78 is 38.6. The van der Waals surface area contributed by atoms with Crippen LogP contribution in [0.25, 0.3) is 22.6 Å². The number of aryl methyl sites for hydroxylation is 7. The maximum Gasteiger partial charge on any atom is 0.292 e. The van der Waals surface area contributed by atoms with E-state index in [1.165, 1.54) is 72.6 Å². The van der Waals surface area contributed by atoms with Crippen LogP contribution in [-0.2, 0) is 89.9 Å². The monoisotopic (exact) mass is 1670 g/mol. The average molecular weight is 1680 g/mol. The van der Waals surface area contributed by atoms with E-state index in [0.29, 0.717) is 102 Å². The molecule has 1 atom stereocenters. The van der Waals surface area contributed by atoms with E-state index in [4.69, 9.17) is 33.7 Å². The van der Waals surface area contributed by atoms with Crippen LogP contribution in [0.1, 0.15) is 140 Å². The number of aromatic nitrogens is 15. The Hall–Kier alpha value is -12.8. The Morgan fingerprint density at radius 3 is 1.45 bits per heavy atom. The number of hydrogen-bond acceptors (Lipinski definition) is 25. The summed E-state index contributed by atoms with van der Waals surface area (Å²) >= 11 is 0. The molecule has 0 saturated carbocycles. The summed E-state index contributed by atoms with van der Waals surface area (Å²) in [6.07, 6.45) is 13.4. The van der Waals surface area contributed by atoms with Gasteiger partial charge in [0.25, 0.3) is 35.1 Å². The molecule has 0 aliphatic carbocycles. The smallest absolute Gasteiger partial charge is 0.292 e. The number of carbonyl (C=O) groups is 10. The minimum absolute atomic E-state index is 0.00771. The van der Waals surface area contributed by atoms with Gasteiger partial charge in [0.2, 0.25) is 52.8 Å². The van der Waals surface area contributed by atoms with Crippen LogP contribution >= 0.6 is 0 Å². The van der Waals surface area contributed by atoms with Gasteiger partial charge in [-0.1, -0.05) is 30.3 Å². The Bertz CT molecular complexity index is 5100. The van der Waals surface area contributed by atoms with Crippen LogP contribution in [0.4, 0.5) is 23.3 Å². The van der Waals surface area contributed by atoms with Crippen LogP contribution in [0.5, 0.6) is 0 Å². The third-order valence-electron chi connectivity index (χ3n) is 19.5. The standard InChI is InChI=1S/C79H106N26O16/c1-51-43-56(96-103(9)79(51)116)68-87-57-45-86-55(44-58(57)105(68)52(2)53-15-11-10-12-16-53)54-20-31-104(32-21-54)67(110)50-121-42-41-120-40-39-119-38-37-118-36-35-117-34-22-64(107)81-24-14-30-97(3)29-13-23-80-63(106)17-25-83-74(111)70-90-59(46-99(70)5)88-65(108)18-26-85-76(113)72-93-62(49-101(72)7)95-78(115)73-91-60(47-102(73)8)89-66(109)19-27-84-75(112)71-92-61(48-100(71)6)94-77(114)69-82-28-33-98(69)4/h10-12,15-16,28,33,43-49,52,54H,13-14,17-27,29-32,34-42,50H2,1-9H3,(H,80,106)(H,81,107)(H,83,111)(H,84,112)(H,85,113)(H,88,108)(H,89,109)(H,94,114)(H,95,115)/t52-/m0/s1. The number of ether oxygens (including phenoxy) is 5. The number of fused-ring (bicyclic) bond motifs is 1. The second kappa shape index (κ2) is 44.9. The molecule has 10 amide bonds. The number of carbonyl (C=O) groups excluding carboxylic acids is 10. The van der Waals surface area contributed by atoms with Crippen LogP contribution in [-0.4, -0.2) is 273 Å². The van der Waals surface area contributed by atoms with Crippen molar-refractivity contribution in [1.82, 2.24) is 108 Å². The molecule has 9 aromatic rings. The number of pyridine rings is 1. The lowest BCUT2D eigenvalue weighted by Gasteiger charge is -2.31. The number of imidazole rings is 6. The SMILES string of the molecule is Cc1cc(-c2nc3cnc(C4CCN(C(=O)COCCOCCOCCOCCOCCC(=O)NCCCN(C)CCCNC(=O)CCNC(=O)c5nc(NC(=O)CCNC(=O)c6nc(NC(=O)c7nc(NC(=O)CCNC(=O)c8nc(NC(=O)c9nccn9C)cn8C)cn7C)cn6C)cn5C)CC4)cc3n2[C@@H](C)c2ccccc2)nn(C)c1=O. The molecule has 1 aromatic carbocycles. The maximum absolute atomic E-state index is 13.3. The van der Waals surface area contributed by atoms with Gasteiger partial charge in [0, 0.05) is 168 Å². The summed E-state index contributed by atoms with van der Waals surface area (Å²) in [6.45, 7) is 10.3. The lowest BCUT2D eigenvalue weighted by Crippen LogP contribution is -2.40. The van der Waals surface area contributed by atoms with Gasteiger partial charge in [-0.05, 0) is 77.4 Å². The Morgan fingerprint density at radius 1 is 0.504 bits per heavy atom. The number of benzene rings is 1. The quantitative estimate of drug-likeness (QED) is 0.0245. The molecule has 8 aromatic heterocycles. The number of likely N-dealkylation sites (tertiary alicyclic amines) is 1. The molecule has 1 aliphatic rings. The van der Waals surface area contributed by atoms with E-state index >= 15 is 0 Å². The first-order valence-corrected chi connectivity index (χ1v) is 39.8. The Balaban J connectivity index is 0.483. The molecule has 10 rings (SSSR count). The largest absolute Gasteiger partial charge is 0.379 e. The molecule has 0 radical (unpaired) electrons. The van der Waals surface area contributed by atoms with Crippen LogP contribution in [0, 0.1) is 6.92 Å². The summed E-state index contributed by atoms with van der Waals surface area (Å²) in [4.78, 5) is 176. The van der Waals surface area contributed by atoms with E-state index < -0.39 is 41.4 Å². The van der Waals surface area contributed by atoms with Crippen LogP contribution in [0.3, 0.4) is 0 Å². The number of amides is 10. The Labute approximate surface area is 697 Å². The summed E-state index contributed by atoms with van der Waals surface area (Å²) in [5.41, 5.74) is 4.73. The highest BCUT2D eigenvalue weighted by Crippen LogP contribution is 2.34. The van der Waals surface area contributed by atoms with Crippen molar-refractivity contribution in [3.05, 3.63) is 142 Å². The molecular weight excluding hydrogens is 1570 g/mol. The molecule has 1 saturated heterocycles. The van der Waals surface area contributed by atoms with Gasteiger partial charge in [-0.25, -0.2) is 34.6 Å². The zero-order valence-corrected chi connectivity index (χ0v) is 69.5. The minimum Gasteiger partial charge on any atom is -0.379 e. The van der Waals surface area contributed by atoms with Crippen molar-refractivity contribution in [2.24, 2.45) is 42.3 Å². The lowest BCUT2D eigenvalue weighted by molar-refractivity contribution is -0.137. The lowest BCUT2D eigenvalue weighted by atomic mass is 9.93. The molecule has 9 heterocycles.